The van der Waals surface area contributed by atoms with E-state index in [1.165, 1.54) is 57.8 Å². The van der Waals surface area contributed by atoms with E-state index in [9.17, 15) is 0 Å². The predicted octanol–water partition coefficient (Wildman–Crippen LogP) is 4.72. The predicted molar refractivity (Wildman–Crippen MR) is 77.1 cm³/mol. The Morgan fingerprint density at radius 1 is 1.06 bits per heavy atom. The minimum Gasteiger partial charge on any atom is -0.478 e. The summed E-state index contributed by atoms with van der Waals surface area (Å²) in [4.78, 5) is 4.78. The van der Waals surface area contributed by atoms with Gasteiger partial charge in [-0.2, -0.15) is 0 Å². The summed E-state index contributed by atoms with van der Waals surface area (Å²) in [5, 5.41) is 0. The highest BCUT2D eigenvalue weighted by molar-refractivity contribution is 5.86. The van der Waals surface area contributed by atoms with Crippen LogP contribution in [-0.2, 0) is 4.74 Å². The standard InChI is InChI=1S/C16H29NO/c1-4-5-6-7-8-9-10-16(11-12-16)14-17-15(2,3)13-18-14/h4-13H2,1-3H3. The fourth-order valence-electron chi connectivity index (χ4n) is 2.82. The summed E-state index contributed by atoms with van der Waals surface area (Å²) in [5.41, 5.74) is 0.380. The molecule has 0 bridgehead atoms. The molecule has 104 valence electrons. The number of rotatable bonds is 8. The van der Waals surface area contributed by atoms with Crippen LogP contribution in [0.3, 0.4) is 0 Å². The lowest BCUT2D eigenvalue weighted by Gasteiger charge is -2.14. The van der Waals surface area contributed by atoms with Gasteiger partial charge in [0.2, 0.25) is 0 Å². The zero-order valence-electron chi connectivity index (χ0n) is 12.4. The van der Waals surface area contributed by atoms with Crippen LogP contribution < -0.4 is 0 Å². The summed E-state index contributed by atoms with van der Waals surface area (Å²) in [5.74, 6) is 1.08. The smallest absolute Gasteiger partial charge is 0.190 e. The molecule has 2 heteroatoms. The van der Waals surface area contributed by atoms with E-state index in [2.05, 4.69) is 20.8 Å². The first-order chi connectivity index (χ1) is 8.58. The zero-order valence-corrected chi connectivity index (χ0v) is 12.4. The van der Waals surface area contributed by atoms with E-state index in [0.29, 0.717) is 5.41 Å². The van der Waals surface area contributed by atoms with Gasteiger partial charge < -0.3 is 4.74 Å². The normalized spacial score (nSPS) is 23.6. The lowest BCUT2D eigenvalue weighted by atomic mass is 9.97. The maximum absolute atomic E-state index is 5.84. The second-order valence-electron chi connectivity index (χ2n) is 6.82. The molecule has 0 saturated heterocycles. The van der Waals surface area contributed by atoms with Gasteiger partial charge in [0.15, 0.2) is 5.90 Å². The number of hydrogen-bond acceptors (Lipinski definition) is 2. The Labute approximate surface area is 112 Å². The van der Waals surface area contributed by atoms with Gasteiger partial charge in [-0.25, -0.2) is 4.99 Å². The largest absolute Gasteiger partial charge is 0.478 e. The Bertz CT molecular complexity index is 302. The summed E-state index contributed by atoms with van der Waals surface area (Å²) >= 11 is 0. The molecule has 1 saturated carbocycles. The van der Waals surface area contributed by atoms with Gasteiger partial charge in [0, 0.05) is 5.41 Å². The molecule has 18 heavy (non-hydrogen) atoms. The van der Waals surface area contributed by atoms with E-state index in [1.807, 2.05) is 0 Å². The van der Waals surface area contributed by atoms with E-state index in [1.54, 1.807) is 0 Å². The van der Waals surface area contributed by atoms with E-state index in [0.717, 1.165) is 12.5 Å². The molecular weight excluding hydrogens is 222 g/mol. The molecule has 0 aromatic heterocycles. The van der Waals surface area contributed by atoms with Gasteiger partial charge in [-0.1, -0.05) is 45.4 Å². The highest BCUT2D eigenvalue weighted by atomic mass is 16.5. The minimum atomic E-state index is 0.0199. The van der Waals surface area contributed by atoms with Crippen molar-refractivity contribution in [3.05, 3.63) is 0 Å². The van der Waals surface area contributed by atoms with Crippen LogP contribution in [-0.4, -0.2) is 18.0 Å². The molecule has 0 radical (unpaired) electrons. The third-order valence-corrected chi connectivity index (χ3v) is 4.28. The Balaban J connectivity index is 1.69. The summed E-state index contributed by atoms with van der Waals surface area (Å²) < 4.78 is 5.84. The minimum absolute atomic E-state index is 0.0199. The van der Waals surface area contributed by atoms with Crippen LogP contribution in [0.15, 0.2) is 4.99 Å². The van der Waals surface area contributed by atoms with Crippen molar-refractivity contribution in [1.82, 2.24) is 0 Å². The van der Waals surface area contributed by atoms with E-state index >= 15 is 0 Å². The van der Waals surface area contributed by atoms with Crippen molar-refractivity contribution in [2.45, 2.75) is 84.1 Å². The average Bonchev–Trinajstić information content (AvgIpc) is 3.02. The monoisotopic (exact) mass is 251 g/mol. The van der Waals surface area contributed by atoms with Gasteiger partial charge in [0.1, 0.15) is 6.61 Å². The number of hydrogen-bond donors (Lipinski definition) is 0. The van der Waals surface area contributed by atoms with Gasteiger partial charge in [-0.15, -0.1) is 0 Å². The van der Waals surface area contributed by atoms with Crippen molar-refractivity contribution < 1.29 is 4.74 Å². The third-order valence-electron chi connectivity index (χ3n) is 4.28. The Kier molecular flexibility index (Phi) is 4.34. The quantitative estimate of drug-likeness (QED) is 0.572. The molecule has 2 aliphatic rings. The van der Waals surface area contributed by atoms with E-state index in [4.69, 9.17) is 9.73 Å². The first-order valence-corrected chi connectivity index (χ1v) is 7.81. The molecule has 0 N–H and O–H groups in total. The van der Waals surface area contributed by atoms with Crippen LogP contribution in [0.4, 0.5) is 0 Å². The van der Waals surface area contributed by atoms with Gasteiger partial charge in [-0.3, -0.25) is 0 Å². The molecule has 1 aliphatic carbocycles. The second-order valence-corrected chi connectivity index (χ2v) is 6.82. The zero-order chi connectivity index (χ0) is 13.1. The maximum Gasteiger partial charge on any atom is 0.190 e. The van der Waals surface area contributed by atoms with Gasteiger partial charge in [-0.05, 0) is 33.1 Å². The third kappa shape index (κ3) is 3.49. The Hall–Kier alpha value is -0.530. The van der Waals surface area contributed by atoms with Crippen LogP contribution in [0, 0.1) is 5.41 Å². The number of nitrogens with zero attached hydrogens (tertiary/aromatic N) is 1. The highest BCUT2D eigenvalue weighted by Crippen LogP contribution is 2.53. The molecule has 0 atom stereocenters. The van der Waals surface area contributed by atoms with Crippen molar-refractivity contribution in [2.24, 2.45) is 10.4 Å². The first-order valence-electron chi connectivity index (χ1n) is 7.81. The summed E-state index contributed by atoms with van der Waals surface area (Å²) in [6.45, 7) is 7.39. The van der Waals surface area contributed by atoms with Crippen molar-refractivity contribution >= 4 is 5.90 Å². The lowest BCUT2D eigenvalue weighted by Crippen LogP contribution is -2.17. The highest BCUT2D eigenvalue weighted by Gasteiger charge is 2.51. The topological polar surface area (TPSA) is 21.6 Å². The van der Waals surface area contributed by atoms with Gasteiger partial charge in [0.25, 0.3) is 0 Å². The van der Waals surface area contributed by atoms with Crippen LogP contribution >= 0.6 is 0 Å². The number of aliphatic imine (C=N–C) groups is 1. The lowest BCUT2D eigenvalue weighted by molar-refractivity contribution is 0.259. The molecule has 0 spiro atoms. The Morgan fingerprint density at radius 2 is 1.72 bits per heavy atom. The summed E-state index contributed by atoms with van der Waals surface area (Å²) in [6.07, 6.45) is 12.2. The average molecular weight is 251 g/mol. The molecule has 2 nitrogen and oxygen atoms in total. The molecule has 0 aromatic rings. The van der Waals surface area contributed by atoms with Crippen molar-refractivity contribution in [3.8, 4) is 0 Å². The van der Waals surface area contributed by atoms with Crippen molar-refractivity contribution in [3.63, 3.8) is 0 Å². The van der Waals surface area contributed by atoms with Crippen LogP contribution in [0.2, 0.25) is 0 Å². The summed E-state index contributed by atoms with van der Waals surface area (Å²) in [7, 11) is 0. The number of unbranched alkanes of at least 4 members (excludes halogenated alkanes) is 5. The Morgan fingerprint density at radius 3 is 2.28 bits per heavy atom. The summed E-state index contributed by atoms with van der Waals surface area (Å²) in [6, 6.07) is 0. The van der Waals surface area contributed by atoms with E-state index < -0.39 is 0 Å². The SMILES string of the molecule is CCCCCCCCC1(C2=NC(C)(C)CO2)CC1. The second kappa shape index (κ2) is 5.63. The van der Waals surface area contributed by atoms with Crippen molar-refractivity contribution in [2.75, 3.05) is 6.61 Å². The molecule has 1 fully saturated rings. The fourth-order valence-corrected chi connectivity index (χ4v) is 2.82. The first kappa shape index (κ1) is 13.9. The van der Waals surface area contributed by atoms with Gasteiger partial charge >= 0.3 is 0 Å². The molecule has 1 heterocycles. The van der Waals surface area contributed by atoms with E-state index in [-0.39, 0.29) is 5.54 Å². The van der Waals surface area contributed by atoms with Crippen LogP contribution in [0.5, 0.6) is 0 Å². The van der Waals surface area contributed by atoms with Crippen molar-refractivity contribution in [1.29, 1.82) is 0 Å². The molecule has 0 aromatic carbocycles. The van der Waals surface area contributed by atoms with Crippen LogP contribution in [0.25, 0.3) is 0 Å². The molecule has 2 rings (SSSR count). The van der Waals surface area contributed by atoms with Crippen LogP contribution in [0.1, 0.15) is 78.6 Å². The maximum atomic E-state index is 5.84. The molecule has 0 unspecified atom stereocenters. The molecule has 1 aliphatic heterocycles. The number of ether oxygens (including phenoxy) is 1. The molecular formula is C16H29NO. The fraction of sp³-hybridized carbons (Fsp3) is 0.938. The molecule has 0 amide bonds. The van der Waals surface area contributed by atoms with Gasteiger partial charge in [0.05, 0.1) is 5.54 Å².